The predicted molar refractivity (Wildman–Crippen MR) is 87.3 cm³/mol. The molecule has 1 aliphatic heterocycles. The lowest BCUT2D eigenvalue weighted by Crippen LogP contribution is -2.22. The minimum atomic E-state index is -3.42. The summed E-state index contributed by atoms with van der Waals surface area (Å²) < 4.78 is 36.1. The first kappa shape index (κ1) is 17.1. The number of hydrogen-bond donors (Lipinski definition) is 0. The topological polar surface area (TPSA) is 85.5 Å². The van der Waals surface area contributed by atoms with Gasteiger partial charge in [-0.25, -0.2) is 12.7 Å². The molecule has 1 saturated heterocycles. The number of benzene rings is 1. The van der Waals surface area contributed by atoms with Crippen molar-refractivity contribution in [2.75, 3.05) is 27.3 Å². The maximum absolute atomic E-state index is 12.1. The number of ether oxygens (including phenoxy) is 1. The van der Waals surface area contributed by atoms with Crippen LogP contribution in [0.3, 0.4) is 0 Å². The summed E-state index contributed by atoms with van der Waals surface area (Å²) in [6.07, 6.45) is 0.907. The van der Waals surface area contributed by atoms with Gasteiger partial charge in [-0.15, -0.1) is 0 Å². The van der Waals surface area contributed by atoms with Gasteiger partial charge in [-0.3, -0.25) is 0 Å². The van der Waals surface area contributed by atoms with E-state index in [-0.39, 0.29) is 16.7 Å². The Morgan fingerprint density at radius 2 is 1.96 bits per heavy atom. The zero-order valence-electron chi connectivity index (χ0n) is 14.0. The van der Waals surface area contributed by atoms with Crippen LogP contribution < -0.4 is 0 Å². The molecule has 2 atom stereocenters. The van der Waals surface area contributed by atoms with Crippen LogP contribution in [0.1, 0.15) is 42.5 Å². The van der Waals surface area contributed by atoms with Crippen LogP contribution >= 0.6 is 0 Å². The van der Waals surface area contributed by atoms with Crippen molar-refractivity contribution in [2.45, 2.75) is 30.1 Å². The standard InChI is InChI=1S/C16H21N3O4S/c1-11(16-17-15(18-23-16)13-8-9-22-10-13)12-4-6-14(7-5-12)24(20,21)19(2)3/h4-7,11,13H,8-10H2,1-3H3. The van der Waals surface area contributed by atoms with Gasteiger partial charge < -0.3 is 9.26 Å². The summed E-state index contributed by atoms with van der Waals surface area (Å²) in [6, 6.07) is 6.76. The Bertz CT molecular complexity index is 793. The molecule has 0 spiro atoms. The molecular formula is C16H21N3O4S. The Hall–Kier alpha value is -1.77. The molecule has 2 heterocycles. The number of aromatic nitrogens is 2. The number of sulfonamides is 1. The van der Waals surface area contributed by atoms with E-state index in [0.29, 0.717) is 18.3 Å². The molecule has 7 nitrogen and oxygen atoms in total. The first-order chi connectivity index (χ1) is 11.4. The van der Waals surface area contributed by atoms with Gasteiger partial charge in [-0.1, -0.05) is 17.3 Å². The van der Waals surface area contributed by atoms with E-state index in [9.17, 15) is 8.42 Å². The Labute approximate surface area is 141 Å². The molecule has 0 saturated carbocycles. The lowest BCUT2D eigenvalue weighted by molar-refractivity contribution is 0.192. The highest BCUT2D eigenvalue weighted by Crippen LogP contribution is 2.28. The summed E-state index contributed by atoms with van der Waals surface area (Å²) in [7, 11) is -0.398. The van der Waals surface area contributed by atoms with Crippen LogP contribution in [-0.2, 0) is 14.8 Å². The first-order valence-electron chi connectivity index (χ1n) is 7.83. The maximum atomic E-state index is 12.1. The smallest absolute Gasteiger partial charge is 0.242 e. The molecule has 1 aromatic carbocycles. The quantitative estimate of drug-likeness (QED) is 0.819. The summed E-state index contributed by atoms with van der Waals surface area (Å²) in [5.74, 6) is 1.30. The maximum Gasteiger partial charge on any atom is 0.242 e. The molecule has 2 aromatic rings. The largest absolute Gasteiger partial charge is 0.381 e. The van der Waals surface area contributed by atoms with Crippen LogP contribution in [0.15, 0.2) is 33.7 Å². The Morgan fingerprint density at radius 1 is 1.25 bits per heavy atom. The van der Waals surface area contributed by atoms with Gasteiger partial charge in [0, 0.05) is 26.6 Å². The average molecular weight is 351 g/mol. The normalized spacial score (nSPS) is 19.8. The van der Waals surface area contributed by atoms with Crippen molar-refractivity contribution in [3.8, 4) is 0 Å². The molecule has 0 aliphatic carbocycles. The molecule has 1 fully saturated rings. The highest BCUT2D eigenvalue weighted by atomic mass is 32.2. The fourth-order valence-electron chi connectivity index (χ4n) is 2.61. The average Bonchev–Trinajstić information content (AvgIpc) is 3.25. The molecule has 2 unspecified atom stereocenters. The monoisotopic (exact) mass is 351 g/mol. The molecule has 0 bridgehead atoms. The van der Waals surface area contributed by atoms with Crippen LogP contribution in [0.2, 0.25) is 0 Å². The minimum absolute atomic E-state index is 0.107. The minimum Gasteiger partial charge on any atom is -0.381 e. The van der Waals surface area contributed by atoms with Gasteiger partial charge in [-0.05, 0) is 31.0 Å². The van der Waals surface area contributed by atoms with Crippen molar-refractivity contribution >= 4 is 10.0 Å². The van der Waals surface area contributed by atoms with Gasteiger partial charge in [0.2, 0.25) is 15.9 Å². The van der Waals surface area contributed by atoms with E-state index in [0.717, 1.165) is 18.6 Å². The third-order valence-corrected chi connectivity index (χ3v) is 6.11. The van der Waals surface area contributed by atoms with Gasteiger partial charge in [0.1, 0.15) is 0 Å². The van der Waals surface area contributed by atoms with Gasteiger partial charge in [0.05, 0.1) is 17.4 Å². The number of hydrogen-bond acceptors (Lipinski definition) is 6. The third kappa shape index (κ3) is 3.22. The zero-order valence-corrected chi connectivity index (χ0v) is 14.8. The predicted octanol–water partition coefficient (Wildman–Crippen LogP) is 1.98. The fraction of sp³-hybridized carbons (Fsp3) is 0.500. The van der Waals surface area contributed by atoms with E-state index in [2.05, 4.69) is 10.1 Å². The highest BCUT2D eigenvalue weighted by Gasteiger charge is 2.25. The van der Waals surface area contributed by atoms with Crippen LogP contribution in [-0.4, -0.2) is 50.2 Å². The molecule has 1 aliphatic rings. The Kier molecular flexibility index (Phi) is 4.71. The summed E-state index contributed by atoms with van der Waals surface area (Å²) >= 11 is 0. The van der Waals surface area contributed by atoms with Gasteiger partial charge in [-0.2, -0.15) is 4.98 Å². The van der Waals surface area contributed by atoms with E-state index >= 15 is 0 Å². The lowest BCUT2D eigenvalue weighted by Gasteiger charge is -2.12. The second-order valence-corrected chi connectivity index (χ2v) is 8.28. The van der Waals surface area contributed by atoms with E-state index in [1.54, 1.807) is 24.3 Å². The Morgan fingerprint density at radius 3 is 2.54 bits per heavy atom. The molecule has 0 amide bonds. The van der Waals surface area contributed by atoms with Crippen molar-refractivity contribution in [1.29, 1.82) is 0 Å². The van der Waals surface area contributed by atoms with Crippen molar-refractivity contribution < 1.29 is 17.7 Å². The second kappa shape index (κ2) is 6.62. The van der Waals surface area contributed by atoms with E-state index in [1.807, 2.05) is 6.92 Å². The molecule has 8 heteroatoms. The number of nitrogens with zero attached hydrogens (tertiary/aromatic N) is 3. The number of rotatable bonds is 5. The van der Waals surface area contributed by atoms with Gasteiger partial charge in [0.25, 0.3) is 0 Å². The van der Waals surface area contributed by atoms with Crippen molar-refractivity contribution in [2.24, 2.45) is 0 Å². The molecule has 0 N–H and O–H groups in total. The molecule has 24 heavy (non-hydrogen) atoms. The first-order valence-corrected chi connectivity index (χ1v) is 9.27. The molecule has 3 rings (SSSR count). The zero-order chi connectivity index (χ0) is 17.3. The summed E-state index contributed by atoms with van der Waals surface area (Å²) in [5, 5.41) is 4.06. The SMILES string of the molecule is CC(c1ccc(S(=O)(=O)N(C)C)cc1)c1nc(C2CCOC2)no1. The van der Waals surface area contributed by atoms with E-state index in [1.165, 1.54) is 18.4 Å². The van der Waals surface area contributed by atoms with Crippen LogP contribution in [0.25, 0.3) is 0 Å². The van der Waals surface area contributed by atoms with Crippen molar-refractivity contribution in [3.63, 3.8) is 0 Å². The molecule has 1 aromatic heterocycles. The van der Waals surface area contributed by atoms with Crippen LogP contribution in [0.4, 0.5) is 0 Å². The lowest BCUT2D eigenvalue weighted by atomic mass is 10.0. The summed E-state index contributed by atoms with van der Waals surface area (Å²) in [4.78, 5) is 4.75. The van der Waals surface area contributed by atoms with E-state index < -0.39 is 10.0 Å². The molecule has 0 radical (unpaired) electrons. The van der Waals surface area contributed by atoms with Crippen molar-refractivity contribution in [1.82, 2.24) is 14.4 Å². The van der Waals surface area contributed by atoms with Gasteiger partial charge >= 0.3 is 0 Å². The van der Waals surface area contributed by atoms with Crippen LogP contribution in [0, 0.1) is 0 Å². The summed E-state index contributed by atoms with van der Waals surface area (Å²) in [5.41, 5.74) is 0.922. The third-order valence-electron chi connectivity index (χ3n) is 4.28. The highest BCUT2D eigenvalue weighted by molar-refractivity contribution is 7.89. The van der Waals surface area contributed by atoms with Gasteiger partial charge in [0.15, 0.2) is 5.82 Å². The second-order valence-electron chi connectivity index (χ2n) is 6.13. The van der Waals surface area contributed by atoms with E-state index in [4.69, 9.17) is 9.26 Å². The molecular weight excluding hydrogens is 330 g/mol. The summed E-state index contributed by atoms with van der Waals surface area (Å²) in [6.45, 7) is 3.31. The Balaban J connectivity index is 1.79. The fourth-order valence-corrected chi connectivity index (χ4v) is 3.51. The van der Waals surface area contributed by atoms with Crippen molar-refractivity contribution in [3.05, 3.63) is 41.5 Å². The van der Waals surface area contributed by atoms with Crippen LogP contribution in [0.5, 0.6) is 0 Å². The molecule has 130 valence electrons.